The van der Waals surface area contributed by atoms with Crippen molar-refractivity contribution in [1.29, 1.82) is 0 Å². The van der Waals surface area contributed by atoms with E-state index in [1.807, 2.05) is 10.8 Å². The quantitative estimate of drug-likeness (QED) is 0.550. The molecule has 2 heterocycles. The van der Waals surface area contributed by atoms with Crippen LogP contribution in [0.25, 0.3) is 0 Å². The molecule has 2 aromatic rings. The van der Waals surface area contributed by atoms with Gasteiger partial charge >= 0.3 is 0 Å². The lowest BCUT2D eigenvalue weighted by atomic mass is 10.1. The molecule has 3 rings (SSSR count). The second-order valence-electron chi connectivity index (χ2n) is 7.47. The maximum Gasteiger partial charge on any atom is 0.252 e. The van der Waals surface area contributed by atoms with Crippen molar-refractivity contribution in [1.82, 2.24) is 15.5 Å². The van der Waals surface area contributed by atoms with E-state index in [0.29, 0.717) is 31.5 Å². The van der Waals surface area contributed by atoms with E-state index >= 15 is 0 Å². The molecule has 3 N–H and O–H groups in total. The normalized spacial score (nSPS) is 15.2. The Hall–Kier alpha value is -2.22. The van der Waals surface area contributed by atoms with Crippen molar-refractivity contribution in [3.63, 3.8) is 0 Å². The molecular weight excluding hydrogens is 386 g/mol. The van der Waals surface area contributed by atoms with Gasteiger partial charge in [0, 0.05) is 50.1 Å². The molecule has 0 atom stereocenters. The number of carbonyl (C=O) groups excluding carboxylic acids is 2. The zero-order chi connectivity index (χ0) is 20.5. The Bertz CT molecular complexity index is 769. The van der Waals surface area contributed by atoms with Crippen molar-refractivity contribution >= 4 is 23.2 Å². The fourth-order valence-electron chi connectivity index (χ4n) is 3.33. The molecule has 7 heteroatoms. The van der Waals surface area contributed by atoms with Crippen LogP contribution >= 0.6 is 11.3 Å². The average Bonchev–Trinajstić information content (AvgIpc) is 3.27. The minimum absolute atomic E-state index is 0.00858. The van der Waals surface area contributed by atoms with E-state index in [2.05, 4.69) is 39.8 Å². The molecule has 1 aromatic heterocycles. The number of amides is 2. The highest BCUT2D eigenvalue weighted by Gasteiger charge is 2.16. The van der Waals surface area contributed by atoms with Gasteiger partial charge in [-0.05, 0) is 41.8 Å². The van der Waals surface area contributed by atoms with Crippen molar-refractivity contribution in [2.45, 2.75) is 44.9 Å². The van der Waals surface area contributed by atoms with E-state index in [9.17, 15) is 14.7 Å². The van der Waals surface area contributed by atoms with Crippen LogP contribution < -0.4 is 10.6 Å². The molecule has 0 saturated carbocycles. The van der Waals surface area contributed by atoms with E-state index in [0.717, 1.165) is 38.0 Å². The van der Waals surface area contributed by atoms with E-state index in [-0.39, 0.29) is 17.9 Å². The third-order valence-corrected chi connectivity index (χ3v) is 5.81. The number of aliphatic hydroxyl groups is 1. The van der Waals surface area contributed by atoms with Crippen LogP contribution in [0.15, 0.2) is 41.1 Å². The molecule has 1 aliphatic rings. The number of nitrogens with one attached hydrogen (secondary N) is 2. The number of carbonyl (C=O) groups is 2. The summed E-state index contributed by atoms with van der Waals surface area (Å²) in [7, 11) is 0. The molecule has 0 spiro atoms. The highest BCUT2D eigenvalue weighted by atomic mass is 32.1. The molecule has 29 heavy (non-hydrogen) atoms. The predicted octanol–water partition coefficient (Wildman–Crippen LogP) is 2.53. The van der Waals surface area contributed by atoms with Gasteiger partial charge in [-0.2, -0.15) is 11.3 Å². The zero-order valence-corrected chi connectivity index (χ0v) is 17.4. The summed E-state index contributed by atoms with van der Waals surface area (Å²) in [5.41, 5.74) is 2.99. The van der Waals surface area contributed by atoms with Gasteiger partial charge in [0.2, 0.25) is 5.91 Å². The van der Waals surface area contributed by atoms with Crippen LogP contribution in [0.4, 0.5) is 0 Å². The first-order valence-corrected chi connectivity index (χ1v) is 11.1. The van der Waals surface area contributed by atoms with Gasteiger partial charge < -0.3 is 15.7 Å². The molecule has 0 radical (unpaired) electrons. The summed E-state index contributed by atoms with van der Waals surface area (Å²) in [5.74, 6) is -0.0989. The molecule has 156 valence electrons. The molecule has 2 amide bonds. The van der Waals surface area contributed by atoms with Crippen molar-refractivity contribution < 1.29 is 14.7 Å². The van der Waals surface area contributed by atoms with Crippen LogP contribution in [0.3, 0.4) is 0 Å². The van der Waals surface area contributed by atoms with Crippen molar-refractivity contribution in [3.8, 4) is 0 Å². The predicted molar refractivity (Wildman–Crippen MR) is 115 cm³/mol. The molecule has 1 aliphatic heterocycles. The van der Waals surface area contributed by atoms with Crippen LogP contribution in [-0.4, -0.2) is 47.6 Å². The summed E-state index contributed by atoms with van der Waals surface area (Å²) in [4.78, 5) is 26.2. The molecule has 6 nitrogen and oxygen atoms in total. The second-order valence-corrected chi connectivity index (χ2v) is 8.25. The number of thiophene rings is 1. The average molecular weight is 416 g/mol. The summed E-state index contributed by atoms with van der Waals surface area (Å²) in [6.45, 7) is 3.77. The molecule has 1 fully saturated rings. The SMILES string of the molecule is O=C(CCCNC(=O)c1ccsc1)NCc1ccc(CN2CCC(O)CC2)cc1. The number of hydrogen-bond donors (Lipinski definition) is 3. The van der Waals surface area contributed by atoms with E-state index < -0.39 is 0 Å². The van der Waals surface area contributed by atoms with E-state index in [4.69, 9.17) is 0 Å². The smallest absolute Gasteiger partial charge is 0.252 e. The Morgan fingerprint density at radius 2 is 1.79 bits per heavy atom. The summed E-state index contributed by atoms with van der Waals surface area (Å²) in [6.07, 6.45) is 2.56. The number of aliphatic hydroxyl groups excluding tert-OH is 1. The topological polar surface area (TPSA) is 81.7 Å². The number of benzene rings is 1. The summed E-state index contributed by atoms with van der Waals surface area (Å²) < 4.78 is 0. The van der Waals surface area contributed by atoms with Gasteiger partial charge in [-0.3, -0.25) is 14.5 Å². The van der Waals surface area contributed by atoms with E-state index in [1.165, 1.54) is 16.9 Å². The van der Waals surface area contributed by atoms with Gasteiger partial charge in [0.1, 0.15) is 0 Å². The number of hydrogen-bond acceptors (Lipinski definition) is 5. The third kappa shape index (κ3) is 7.27. The highest BCUT2D eigenvalue weighted by molar-refractivity contribution is 7.08. The Morgan fingerprint density at radius 1 is 1.07 bits per heavy atom. The first-order valence-electron chi connectivity index (χ1n) is 10.2. The Labute approximate surface area is 175 Å². The maximum absolute atomic E-state index is 12.0. The first-order chi connectivity index (χ1) is 14.1. The monoisotopic (exact) mass is 415 g/mol. The number of piperidine rings is 1. The fourth-order valence-corrected chi connectivity index (χ4v) is 3.97. The van der Waals surface area contributed by atoms with Crippen LogP contribution in [0.5, 0.6) is 0 Å². The highest BCUT2D eigenvalue weighted by Crippen LogP contribution is 2.14. The van der Waals surface area contributed by atoms with Crippen molar-refractivity contribution in [2.24, 2.45) is 0 Å². The van der Waals surface area contributed by atoms with E-state index in [1.54, 1.807) is 6.07 Å². The summed E-state index contributed by atoms with van der Waals surface area (Å²) >= 11 is 1.49. The van der Waals surface area contributed by atoms with Gasteiger partial charge in [-0.15, -0.1) is 0 Å². The maximum atomic E-state index is 12.0. The Balaban J connectivity index is 1.30. The number of rotatable bonds is 9. The van der Waals surface area contributed by atoms with Crippen LogP contribution in [0.2, 0.25) is 0 Å². The van der Waals surface area contributed by atoms with Crippen molar-refractivity contribution in [2.75, 3.05) is 19.6 Å². The molecule has 0 unspecified atom stereocenters. The molecule has 1 saturated heterocycles. The van der Waals surface area contributed by atoms with Gasteiger partial charge in [-0.1, -0.05) is 24.3 Å². The fraction of sp³-hybridized carbons (Fsp3) is 0.455. The number of likely N-dealkylation sites (tertiary alicyclic amines) is 1. The standard InChI is InChI=1S/C22H29N3O3S/c26-20-7-11-25(12-8-20)15-18-5-3-17(4-6-18)14-24-21(27)2-1-10-23-22(28)19-9-13-29-16-19/h3-6,9,13,16,20,26H,1-2,7-8,10-12,14-15H2,(H,23,28)(H,24,27). The lowest BCUT2D eigenvalue weighted by molar-refractivity contribution is -0.121. The van der Waals surface area contributed by atoms with Gasteiger partial charge in [-0.25, -0.2) is 0 Å². The number of nitrogens with zero attached hydrogens (tertiary/aromatic N) is 1. The molecule has 0 bridgehead atoms. The van der Waals surface area contributed by atoms with Crippen LogP contribution in [-0.2, 0) is 17.9 Å². The van der Waals surface area contributed by atoms with Gasteiger partial charge in [0.15, 0.2) is 0 Å². The van der Waals surface area contributed by atoms with Gasteiger partial charge in [0.05, 0.1) is 6.10 Å². The van der Waals surface area contributed by atoms with Gasteiger partial charge in [0.25, 0.3) is 5.91 Å². The first kappa shape index (κ1) is 21.5. The Morgan fingerprint density at radius 3 is 2.48 bits per heavy atom. The largest absolute Gasteiger partial charge is 0.393 e. The minimum atomic E-state index is -0.144. The molecule has 0 aliphatic carbocycles. The third-order valence-electron chi connectivity index (χ3n) is 5.13. The Kier molecular flexibility index (Phi) is 8.22. The molecular formula is C22H29N3O3S. The molecule has 1 aromatic carbocycles. The minimum Gasteiger partial charge on any atom is -0.393 e. The zero-order valence-electron chi connectivity index (χ0n) is 16.6. The summed E-state index contributed by atoms with van der Waals surface area (Å²) in [5, 5.41) is 19.0. The summed E-state index contributed by atoms with van der Waals surface area (Å²) in [6, 6.07) is 10.1. The lowest BCUT2D eigenvalue weighted by Crippen LogP contribution is -2.35. The van der Waals surface area contributed by atoms with Crippen LogP contribution in [0, 0.1) is 0 Å². The van der Waals surface area contributed by atoms with Crippen LogP contribution in [0.1, 0.15) is 47.2 Å². The second kappa shape index (κ2) is 11.1. The lowest BCUT2D eigenvalue weighted by Gasteiger charge is -2.29. The van der Waals surface area contributed by atoms with Crippen molar-refractivity contribution in [3.05, 3.63) is 57.8 Å².